The maximum atomic E-state index is 13.4. The van der Waals surface area contributed by atoms with E-state index in [4.69, 9.17) is 4.74 Å². The van der Waals surface area contributed by atoms with Crippen LogP contribution >= 0.6 is 0 Å². The van der Waals surface area contributed by atoms with Gasteiger partial charge in [0.15, 0.2) is 0 Å². The molecule has 3 aromatic heterocycles. The van der Waals surface area contributed by atoms with E-state index in [0.717, 1.165) is 9.54 Å². The zero-order valence-corrected chi connectivity index (χ0v) is 19.7. The molecule has 0 aliphatic carbocycles. The highest BCUT2D eigenvalue weighted by Gasteiger charge is 2.24. The first kappa shape index (κ1) is 22.5. The first-order chi connectivity index (χ1) is 16.8. The minimum atomic E-state index is -4.02. The number of halogens is 1. The summed E-state index contributed by atoms with van der Waals surface area (Å²) < 4.78 is 48.4. The van der Waals surface area contributed by atoms with E-state index in [9.17, 15) is 17.6 Å². The minimum Gasteiger partial charge on any atom is -0.438 e. The van der Waals surface area contributed by atoms with Crippen LogP contribution in [0.3, 0.4) is 0 Å². The van der Waals surface area contributed by atoms with Gasteiger partial charge in [0.1, 0.15) is 17.1 Å². The van der Waals surface area contributed by atoms with Gasteiger partial charge in [-0.25, -0.2) is 21.8 Å². The summed E-state index contributed by atoms with van der Waals surface area (Å²) in [5.41, 5.74) is 1.58. The first-order valence-electron chi connectivity index (χ1n) is 10.7. The molecule has 0 N–H and O–H groups in total. The topological polar surface area (TPSA) is 83.2 Å². The fourth-order valence-corrected chi connectivity index (χ4v) is 5.21. The van der Waals surface area contributed by atoms with Crippen molar-refractivity contribution in [2.24, 2.45) is 7.05 Å². The van der Waals surface area contributed by atoms with Crippen molar-refractivity contribution < 1.29 is 17.5 Å². The highest BCUT2D eigenvalue weighted by atomic mass is 32.2. The summed E-state index contributed by atoms with van der Waals surface area (Å²) in [4.78, 5) is 17.5. The lowest BCUT2D eigenvalue weighted by Crippen LogP contribution is -2.22. The summed E-state index contributed by atoms with van der Waals surface area (Å²) in [7, 11) is -2.47. The van der Waals surface area contributed by atoms with Crippen LogP contribution in [0.25, 0.3) is 22.0 Å². The van der Waals surface area contributed by atoms with Gasteiger partial charge in [-0.2, -0.15) is 0 Å². The summed E-state index contributed by atoms with van der Waals surface area (Å²) in [5.74, 6) is 0.217. The van der Waals surface area contributed by atoms with E-state index in [2.05, 4.69) is 4.98 Å². The highest BCUT2D eigenvalue weighted by molar-refractivity contribution is 7.90. The normalized spacial score (nSPS) is 11.6. The number of ether oxygens (including phenoxy) is 1. The van der Waals surface area contributed by atoms with E-state index in [0.29, 0.717) is 22.3 Å². The Morgan fingerprint density at radius 2 is 1.66 bits per heavy atom. The number of fused-ring (bicyclic) bond motifs is 1. The number of nitrogens with zero attached hydrogens (tertiary/aromatic N) is 3. The van der Waals surface area contributed by atoms with Gasteiger partial charge < -0.3 is 9.30 Å². The van der Waals surface area contributed by atoms with Crippen molar-refractivity contribution in [3.05, 3.63) is 107 Å². The van der Waals surface area contributed by atoms with Gasteiger partial charge in [-0.1, -0.05) is 17.7 Å². The number of hydrogen-bond donors (Lipinski definition) is 0. The van der Waals surface area contributed by atoms with Crippen LogP contribution in [-0.2, 0) is 17.1 Å². The third-order valence-electron chi connectivity index (χ3n) is 5.66. The Labute approximate surface area is 200 Å². The lowest BCUT2D eigenvalue weighted by Gasteiger charge is -2.13. The van der Waals surface area contributed by atoms with E-state index in [-0.39, 0.29) is 16.3 Å². The molecule has 3 heterocycles. The van der Waals surface area contributed by atoms with Crippen LogP contribution in [0.2, 0.25) is 0 Å². The van der Waals surface area contributed by atoms with Crippen molar-refractivity contribution in [3.63, 3.8) is 0 Å². The molecule has 35 heavy (non-hydrogen) atoms. The molecule has 0 atom stereocenters. The Morgan fingerprint density at radius 1 is 0.943 bits per heavy atom. The highest BCUT2D eigenvalue weighted by Crippen LogP contribution is 2.35. The average Bonchev–Trinajstić information content (AvgIpc) is 3.30. The quantitative estimate of drug-likeness (QED) is 0.351. The summed E-state index contributed by atoms with van der Waals surface area (Å²) in [5, 5.41) is 0.431. The molecule has 0 saturated carbocycles. The maximum Gasteiger partial charge on any atom is 0.275 e. The lowest BCUT2D eigenvalue weighted by atomic mass is 10.1. The molecule has 9 heteroatoms. The van der Waals surface area contributed by atoms with Crippen LogP contribution in [0.15, 0.2) is 95.0 Å². The first-order valence-corrected chi connectivity index (χ1v) is 12.1. The largest absolute Gasteiger partial charge is 0.438 e. The molecular weight excluding hydrogens is 469 g/mol. The Morgan fingerprint density at radius 3 is 2.37 bits per heavy atom. The van der Waals surface area contributed by atoms with Crippen molar-refractivity contribution in [1.29, 1.82) is 0 Å². The van der Waals surface area contributed by atoms with Gasteiger partial charge in [0.25, 0.3) is 15.6 Å². The van der Waals surface area contributed by atoms with Crippen molar-refractivity contribution in [3.8, 4) is 22.8 Å². The third kappa shape index (κ3) is 4.00. The molecule has 0 unspecified atom stereocenters. The molecule has 0 bridgehead atoms. The Bertz CT molecular complexity index is 1720. The van der Waals surface area contributed by atoms with Crippen LogP contribution in [0, 0.1) is 12.7 Å². The molecule has 0 amide bonds. The molecule has 5 aromatic rings. The molecule has 0 aliphatic heterocycles. The van der Waals surface area contributed by atoms with E-state index >= 15 is 0 Å². The summed E-state index contributed by atoms with van der Waals surface area (Å²) in [6.45, 7) is 1.86. The number of aromatic nitrogens is 3. The SMILES string of the molecule is Cc1ccc(S(=O)(=O)n2ccc3c(-c4cccnc4Oc4ccc(F)cc4)cn(C)c(=O)c32)cc1. The van der Waals surface area contributed by atoms with Crippen LogP contribution in [0.5, 0.6) is 11.6 Å². The van der Waals surface area contributed by atoms with Crippen molar-refractivity contribution in [2.45, 2.75) is 11.8 Å². The van der Waals surface area contributed by atoms with E-state index < -0.39 is 21.4 Å². The van der Waals surface area contributed by atoms with Crippen LogP contribution in [0.1, 0.15) is 5.56 Å². The molecule has 5 rings (SSSR count). The maximum absolute atomic E-state index is 13.4. The summed E-state index contributed by atoms with van der Waals surface area (Å²) >= 11 is 0. The second kappa shape index (κ2) is 8.52. The minimum absolute atomic E-state index is 0.0159. The lowest BCUT2D eigenvalue weighted by molar-refractivity contribution is 0.463. The fourth-order valence-electron chi connectivity index (χ4n) is 3.86. The van der Waals surface area contributed by atoms with Crippen LogP contribution in [0.4, 0.5) is 4.39 Å². The van der Waals surface area contributed by atoms with Crippen molar-refractivity contribution in [2.75, 3.05) is 0 Å². The number of pyridine rings is 2. The average molecular weight is 490 g/mol. The van der Waals surface area contributed by atoms with Crippen molar-refractivity contribution in [1.82, 2.24) is 13.5 Å². The summed E-state index contributed by atoms with van der Waals surface area (Å²) in [6, 6.07) is 17.0. The summed E-state index contributed by atoms with van der Waals surface area (Å²) in [6.07, 6.45) is 4.54. The molecule has 0 saturated heterocycles. The van der Waals surface area contributed by atoms with Gasteiger partial charge in [-0.05, 0) is 61.5 Å². The Balaban J connectivity index is 1.70. The number of rotatable bonds is 5. The van der Waals surface area contributed by atoms with Gasteiger partial charge in [-0.3, -0.25) is 4.79 Å². The molecule has 2 aromatic carbocycles. The third-order valence-corrected chi connectivity index (χ3v) is 7.35. The Hall–Kier alpha value is -4.24. The van der Waals surface area contributed by atoms with Crippen LogP contribution < -0.4 is 10.3 Å². The zero-order valence-electron chi connectivity index (χ0n) is 18.8. The second-order valence-electron chi connectivity index (χ2n) is 8.06. The van der Waals surface area contributed by atoms with Gasteiger partial charge in [0.2, 0.25) is 5.88 Å². The molecule has 0 radical (unpaired) electrons. The fraction of sp³-hybridized carbons (Fsp3) is 0.0769. The smallest absolute Gasteiger partial charge is 0.275 e. The monoisotopic (exact) mass is 489 g/mol. The Kier molecular flexibility index (Phi) is 5.49. The van der Waals surface area contributed by atoms with Crippen LogP contribution in [-0.4, -0.2) is 21.9 Å². The zero-order chi connectivity index (χ0) is 24.7. The molecular formula is C26H20FN3O4S. The van der Waals surface area contributed by atoms with Gasteiger partial charge >= 0.3 is 0 Å². The number of benzene rings is 2. The standard InChI is InChI=1S/C26H20FN3O4S/c1-17-5-11-20(12-6-17)35(32,33)30-15-13-21-23(16-29(2)26(31)24(21)30)22-4-3-14-28-25(22)34-19-9-7-18(27)8-10-19/h3-16H,1-2H3. The molecule has 176 valence electrons. The second-order valence-corrected chi connectivity index (χ2v) is 9.88. The molecule has 0 spiro atoms. The predicted molar refractivity (Wildman–Crippen MR) is 131 cm³/mol. The van der Waals surface area contributed by atoms with Crippen molar-refractivity contribution >= 4 is 20.9 Å². The molecule has 0 aliphatic rings. The number of hydrogen-bond acceptors (Lipinski definition) is 5. The predicted octanol–water partition coefficient (Wildman–Crippen LogP) is 4.88. The van der Waals surface area contributed by atoms with Gasteiger partial charge in [0.05, 0.1) is 4.90 Å². The number of aryl methyl sites for hydroxylation is 2. The van der Waals surface area contributed by atoms with E-state index in [1.54, 1.807) is 49.8 Å². The molecule has 7 nitrogen and oxygen atoms in total. The molecule has 0 fully saturated rings. The van der Waals surface area contributed by atoms with E-state index in [1.807, 2.05) is 6.92 Å². The van der Waals surface area contributed by atoms with Gasteiger partial charge in [-0.15, -0.1) is 0 Å². The van der Waals surface area contributed by atoms with E-state index in [1.165, 1.54) is 47.2 Å². The van der Waals surface area contributed by atoms with Gasteiger partial charge in [0, 0.05) is 42.2 Å².